The van der Waals surface area contributed by atoms with Crippen molar-refractivity contribution in [1.82, 2.24) is 0 Å². The number of rotatable bonds is 3. The number of aromatic hydroxyl groups is 1. The molecule has 0 bridgehead atoms. The third-order valence-electron chi connectivity index (χ3n) is 3.00. The van der Waals surface area contributed by atoms with Gasteiger partial charge in [-0.1, -0.05) is 6.08 Å². The highest BCUT2D eigenvalue weighted by Crippen LogP contribution is 2.20. The number of carbonyl (C=O) groups is 1. The lowest BCUT2D eigenvalue weighted by molar-refractivity contribution is -0.112. The summed E-state index contributed by atoms with van der Waals surface area (Å²) in [6.45, 7) is 1.42. The highest BCUT2D eigenvalue weighted by Gasteiger charge is 2.11. The van der Waals surface area contributed by atoms with E-state index in [1.165, 1.54) is 18.2 Å². The number of phenols is 1. The minimum absolute atomic E-state index is 0.0550. The van der Waals surface area contributed by atoms with Crippen LogP contribution in [0.3, 0.4) is 0 Å². The number of hydrogen-bond donors (Lipinski definition) is 2. The molecule has 1 aromatic rings. The van der Waals surface area contributed by atoms with Gasteiger partial charge < -0.3 is 15.2 Å². The predicted octanol–water partition coefficient (Wildman–Crippen LogP) is 2.45. The maximum absolute atomic E-state index is 13.4. The fourth-order valence-electron chi connectivity index (χ4n) is 1.91. The van der Waals surface area contributed by atoms with E-state index in [0.717, 1.165) is 18.9 Å². The Hall–Kier alpha value is -1.88. The molecule has 2 rings (SSSR count). The second-order valence-electron chi connectivity index (χ2n) is 4.46. The first kappa shape index (κ1) is 13.5. The molecule has 2 N–H and O–H groups in total. The van der Waals surface area contributed by atoms with Crippen LogP contribution in [-0.2, 0) is 9.53 Å². The molecule has 4 nitrogen and oxygen atoms in total. The molecule has 1 amide bonds. The summed E-state index contributed by atoms with van der Waals surface area (Å²) >= 11 is 0. The van der Waals surface area contributed by atoms with Gasteiger partial charge in [0.2, 0.25) is 5.91 Å². The van der Waals surface area contributed by atoms with Crippen molar-refractivity contribution in [3.8, 4) is 5.75 Å². The number of allylic oxidation sites excluding steroid dienone is 1. The molecule has 0 spiro atoms. The Bertz CT molecular complexity index is 482. The molecule has 0 unspecified atom stereocenters. The van der Waals surface area contributed by atoms with E-state index in [9.17, 15) is 9.18 Å². The van der Waals surface area contributed by atoms with Crippen molar-refractivity contribution in [1.29, 1.82) is 0 Å². The van der Waals surface area contributed by atoms with Crippen LogP contribution in [0.25, 0.3) is 0 Å². The van der Waals surface area contributed by atoms with E-state index >= 15 is 0 Å². The van der Waals surface area contributed by atoms with Crippen LogP contribution in [-0.4, -0.2) is 24.2 Å². The van der Waals surface area contributed by atoms with E-state index in [1.807, 2.05) is 6.08 Å². The van der Waals surface area contributed by atoms with E-state index in [-0.39, 0.29) is 17.3 Å². The molecule has 0 saturated carbocycles. The molecule has 1 fully saturated rings. The summed E-state index contributed by atoms with van der Waals surface area (Å²) in [4.78, 5) is 11.6. The van der Waals surface area contributed by atoms with Crippen molar-refractivity contribution in [3.05, 3.63) is 36.2 Å². The van der Waals surface area contributed by atoms with Crippen LogP contribution >= 0.6 is 0 Å². The van der Waals surface area contributed by atoms with Crippen molar-refractivity contribution in [2.75, 3.05) is 18.5 Å². The Morgan fingerprint density at radius 3 is 2.84 bits per heavy atom. The molecule has 0 aliphatic carbocycles. The first-order chi connectivity index (χ1) is 9.15. The monoisotopic (exact) mass is 265 g/mol. The van der Waals surface area contributed by atoms with E-state index in [2.05, 4.69) is 5.32 Å². The zero-order chi connectivity index (χ0) is 13.7. The van der Waals surface area contributed by atoms with E-state index in [1.54, 1.807) is 0 Å². The summed E-state index contributed by atoms with van der Waals surface area (Å²) in [6, 6.07) is 3.60. The molecular weight excluding hydrogens is 249 g/mol. The van der Waals surface area contributed by atoms with Gasteiger partial charge in [0.05, 0.1) is 5.69 Å². The molecule has 1 heterocycles. The average molecular weight is 265 g/mol. The van der Waals surface area contributed by atoms with Gasteiger partial charge in [-0.15, -0.1) is 0 Å². The van der Waals surface area contributed by atoms with Gasteiger partial charge in [0.25, 0.3) is 0 Å². The fraction of sp³-hybridized carbons (Fsp3) is 0.357. The summed E-state index contributed by atoms with van der Waals surface area (Å²) in [5, 5.41) is 11.5. The summed E-state index contributed by atoms with van der Waals surface area (Å²) < 4.78 is 18.6. The Kier molecular flexibility index (Phi) is 4.52. The van der Waals surface area contributed by atoms with Gasteiger partial charge in [0.1, 0.15) is 11.6 Å². The highest BCUT2D eigenvalue weighted by molar-refractivity contribution is 5.99. The molecule has 1 aliphatic heterocycles. The Labute approximate surface area is 110 Å². The number of anilines is 1. The lowest BCUT2D eigenvalue weighted by Crippen LogP contribution is -2.15. The first-order valence-electron chi connectivity index (χ1n) is 6.20. The van der Waals surface area contributed by atoms with Gasteiger partial charge in [-0.05, 0) is 37.0 Å². The number of nitrogens with one attached hydrogen (secondary N) is 1. The Balaban J connectivity index is 1.91. The standard InChI is InChI=1S/C14H16FNO3/c15-12-9-11(17)2-3-13(12)16-14(18)4-1-10-5-7-19-8-6-10/h1-4,9-10,17H,5-8H2,(H,16,18)/b4-1+. The van der Waals surface area contributed by atoms with Gasteiger partial charge in [-0.2, -0.15) is 0 Å². The number of hydrogen-bond acceptors (Lipinski definition) is 3. The summed E-state index contributed by atoms with van der Waals surface area (Å²) in [5.41, 5.74) is 0.0550. The maximum atomic E-state index is 13.4. The molecule has 0 aromatic heterocycles. The van der Waals surface area contributed by atoms with Gasteiger partial charge >= 0.3 is 0 Å². The normalized spacial score (nSPS) is 16.7. The summed E-state index contributed by atoms with van der Waals surface area (Å²) in [7, 11) is 0. The third-order valence-corrected chi connectivity index (χ3v) is 3.00. The largest absolute Gasteiger partial charge is 0.508 e. The van der Waals surface area contributed by atoms with E-state index < -0.39 is 5.82 Å². The maximum Gasteiger partial charge on any atom is 0.248 e. The molecule has 19 heavy (non-hydrogen) atoms. The first-order valence-corrected chi connectivity index (χ1v) is 6.20. The lowest BCUT2D eigenvalue weighted by atomic mass is 10.00. The molecule has 102 valence electrons. The van der Waals surface area contributed by atoms with Crippen LogP contribution in [0.2, 0.25) is 0 Å². The van der Waals surface area contributed by atoms with Crippen LogP contribution < -0.4 is 5.32 Å². The van der Waals surface area contributed by atoms with E-state index in [4.69, 9.17) is 9.84 Å². The molecule has 0 atom stereocenters. The van der Waals surface area contributed by atoms with Gasteiger partial charge in [-0.3, -0.25) is 4.79 Å². The summed E-state index contributed by atoms with van der Waals surface area (Å²) in [6.07, 6.45) is 5.05. The number of phenolic OH excluding ortho intramolecular Hbond substituents is 1. The lowest BCUT2D eigenvalue weighted by Gasteiger charge is -2.18. The topological polar surface area (TPSA) is 58.6 Å². The van der Waals surface area contributed by atoms with Crippen molar-refractivity contribution in [3.63, 3.8) is 0 Å². The van der Waals surface area contributed by atoms with E-state index in [0.29, 0.717) is 19.1 Å². The number of amides is 1. The van der Waals surface area contributed by atoms with Crippen LogP contribution in [0.4, 0.5) is 10.1 Å². The minimum atomic E-state index is -0.659. The molecule has 1 aliphatic rings. The number of halogens is 1. The molecule has 5 heteroatoms. The second-order valence-corrected chi connectivity index (χ2v) is 4.46. The van der Waals surface area contributed by atoms with Crippen molar-refractivity contribution in [2.24, 2.45) is 5.92 Å². The molecular formula is C14H16FNO3. The average Bonchev–Trinajstić information content (AvgIpc) is 2.41. The third kappa shape index (κ3) is 4.06. The zero-order valence-corrected chi connectivity index (χ0v) is 10.4. The van der Waals surface area contributed by atoms with Crippen LogP contribution in [0.15, 0.2) is 30.4 Å². The van der Waals surface area contributed by atoms with Crippen molar-refractivity contribution < 1.29 is 19.0 Å². The number of benzene rings is 1. The van der Waals surface area contributed by atoms with Gasteiger partial charge in [-0.25, -0.2) is 4.39 Å². The molecule has 1 aromatic carbocycles. The molecule has 0 radical (unpaired) electrons. The Morgan fingerprint density at radius 2 is 2.16 bits per heavy atom. The summed E-state index contributed by atoms with van der Waals surface area (Å²) in [5.74, 6) is -0.874. The smallest absolute Gasteiger partial charge is 0.248 e. The predicted molar refractivity (Wildman–Crippen MR) is 69.4 cm³/mol. The zero-order valence-electron chi connectivity index (χ0n) is 10.4. The highest BCUT2D eigenvalue weighted by atomic mass is 19.1. The number of ether oxygens (including phenoxy) is 1. The van der Waals surface area contributed by atoms with Crippen LogP contribution in [0, 0.1) is 11.7 Å². The van der Waals surface area contributed by atoms with Crippen molar-refractivity contribution >= 4 is 11.6 Å². The van der Waals surface area contributed by atoms with Crippen LogP contribution in [0.1, 0.15) is 12.8 Å². The fourth-order valence-corrected chi connectivity index (χ4v) is 1.91. The second kappa shape index (κ2) is 6.33. The van der Waals surface area contributed by atoms with Crippen LogP contribution in [0.5, 0.6) is 5.75 Å². The minimum Gasteiger partial charge on any atom is -0.508 e. The quantitative estimate of drug-likeness (QED) is 0.652. The Morgan fingerprint density at radius 1 is 1.42 bits per heavy atom. The molecule has 1 saturated heterocycles. The number of carbonyl (C=O) groups excluding carboxylic acids is 1. The van der Waals surface area contributed by atoms with Crippen molar-refractivity contribution in [2.45, 2.75) is 12.8 Å². The SMILES string of the molecule is O=C(/C=C/C1CCOCC1)Nc1ccc(O)cc1F. The van der Waals surface area contributed by atoms with Gasteiger partial charge in [0.15, 0.2) is 0 Å². The van der Waals surface area contributed by atoms with Gasteiger partial charge in [0, 0.05) is 19.3 Å².